The van der Waals surface area contributed by atoms with E-state index in [1.807, 2.05) is 0 Å². The molecular weight excluding hydrogens is 232 g/mol. The number of nitro benzene ring substituents is 1. The Hall–Kier alpha value is -1.75. The molecule has 1 aliphatic carbocycles. The molecule has 1 spiro atoms. The van der Waals surface area contributed by atoms with Crippen LogP contribution in [0.5, 0.6) is 0 Å². The summed E-state index contributed by atoms with van der Waals surface area (Å²) in [6.45, 7) is 1.70. The Morgan fingerprint density at radius 1 is 1.28 bits per heavy atom. The van der Waals surface area contributed by atoms with Gasteiger partial charge in [-0.05, 0) is 37.9 Å². The summed E-state index contributed by atoms with van der Waals surface area (Å²) in [5.74, 6) is 0.0997. The summed E-state index contributed by atoms with van der Waals surface area (Å²) in [6, 6.07) is 4.67. The van der Waals surface area contributed by atoms with Crippen molar-refractivity contribution in [2.24, 2.45) is 5.41 Å². The molecule has 1 aliphatic heterocycles. The monoisotopic (exact) mass is 246 g/mol. The number of ketones is 1. The van der Waals surface area contributed by atoms with Crippen molar-refractivity contribution in [3.05, 3.63) is 39.4 Å². The number of non-ortho nitro benzene ring substituents is 1. The van der Waals surface area contributed by atoms with Crippen molar-refractivity contribution >= 4 is 11.5 Å². The van der Waals surface area contributed by atoms with E-state index in [1.165, 1.54) is 12.1 Å². The number of Topliss-reactive ketones (excluding diaryl/α,β-unsaturated/α-hetero) is 1. The number of nitro groups is 1. The molecule has 0 bridgehead atoms. The third-order valence-corrected chi connectivity index (χ3v) is 4.12. The Morgan fingerprint density at radius 2 is 2.00 bits per heavy atom. The fourth-order valence-corrected chi connectivity index (χ4v) is 3.08. The van der Waals surface area contributed by atoms with Crippen molar-refractivity contribution in [1.29, 1.82) is 0 Å². The average molecular weight is 246 g/mol. The quantitative estimate of drug-likeness (QED) is 0.604. The zero-order chi connectivity index (χ0) is 12.8. The molecule has 1 fully saturated rings. The van der Waals surface area contributed by atoms with Gasteiger partial charge < -0.3 is 5.32 Å². The molecule has 1 N–H and O–H groups in total. The van der Waals surface area contributed by atoms with Crippen LogP contribution in [0, 0.1) is 15.5 Å². The van der Waals surface area contributed by atoms with Gasteiger partial charge in [0.1, 0.15) is 0 Å². The van der Waals surface area contributed by atoms with Crippen LogP contribution < -0.4 is 5.32 Å². The summed E-state index contributed by atoms with van der Waals surface area (Å²) in [7, 11) is 0. The van der Waals surface area contributed by atoms with Gasteiger partial charge >= 0.3 is 0 Å². The fraction of sp³-hybridized carbons (Fsp3) is 0.462. The van der Waals surface area contributed by atoms with Crippen LogP contribution in [0.15, 0.2) is 18.2 Å². The normalized spacial score (nSPS) is 21.0. The number of rotatable bonds is 1. The summed E-state index contributed by atoms with van der Waals surface area (Å²) in [5, 5.41) is 14.0. The summed E-state index contributed by atoms with van der Waals surface area (Å²) in [5.41, 5.74) is 1.23. The highest BCUT2D eigenvalue weighted by Crippen LogP contribution is 2.43. The number of hydrogen-bond acceptors (Lipinski definition) is 4. The Bertz CT molecular complexity index is 533. The van der Waals surface area contributed by atoms with E-state index < -0.39 is 4.92 Å². The molecule has 1 aromatic rings. The predicted octanol–water partition coefficient (Wildman–Crippen LogP) is 1.70. The van der Waals surface area contributed by atoms with Crippen LogP contribution in [0.3, 0.4) is 0 Å². The summed E-state index contributed by atoms with van der Waals surface area (Å²) < 4.78 is 0. The smallest absolute Gasteiger partial charge is 0.270 e. The number of fused-ring (bicyclic) bond motifs is 1. The van der Waals surface area contributed by atoms with Gasteiger partial charge in [-0.15, -0.1) is 0 Å². The molecule has 1 aromatic carbocycles. The van der Waals surface area contributed by atoms with Crippen LogP contribution in [0.2, 0.25) is 0 Å². The minimum absolute atomic E-state index is 0.00749. The molecule has 1 heterocycles. The highest BCUT2D eigenvalue weighted by molar-refractivity contribution is 6.05. The number of nitrogens with zero attached hydrogens (tertiary/aromatic N) is 1. The van der Waals surface area contributed by atoms with Gasteiger partial charge in [0.15, 0.2) is 5.78 Å². The molecule has 0 radical (unpaired) electrons. The lowest BCUT2D eigenvalue weighted by molar-refractivity contribution is -0.384. The lowest BCUT2D eigenvalue weighted by atomic mass is 9.75. The van der Waals surface area contributed by atoms with Gasteiger partial charge in [0, 0.05) is 23.1 Å². The number of nitrogens with one attached hydrogen (secondary N) is 1. The van der Waals surface area contributed by atoms with E-state index in [1.54, 1.807) is 6.07 Å². The van der Waals surface area contributed by atoms with Gasteiger partial charge in [-0.1, -0.05) is 6.07 Å². The third kappa shape index (κ3) is 1.54. The second-order valence-corrected chi connectivity index (χ2v) is 5.13. The van der Waals surface area contributed by atoms with Gasteiger partial charge in [0.2, 0.25) is 0 Å². The van der Waals surface area contributed by atoms with E-state index >= 15 is 0 Å². The van der Waals surface area contributed by atoms with Gasteiger partial charge in [0.05, 0.1) is 4.92 Å². The molecular formula is C13H14N2O3. The van der Waals surface area contributed by atoms with Crippen molar-refractivity contribution in [3.8, 4) is 0 Å². The minimum atomic E-state index is -0.443. The molecule has 2 aliphatic rings. The van der Waals surface area contributed by atoms with Gasteiger partial charge in [-0.2, -0.15) is 0 Å². The number of benzene rings is 1. The van der Waals surface area contributed by atoms with E-state index in [-0.39, 0.29) is 16.9 Å². The van der Waals surface area contributed by atoms with Crippen LogP contribution in [-0.2, 0) is 6.42 Å². The van der Waals surface area contributed by atoms with E-state index in [0.717, 1.165) is 37.9 Å². The van der Waals surface area contributed by atoms with Gasteiger partial charge in [0.25, 0.3) is 5.69 Å². The van der Waals surface area contributed by atoms with Gasteiger partial charge in [-0.25, -0.2) is 0 Å². The number of piperidine rings is 1. The number of carbonyl (C=O) groups excluding carboxylic acids is 1. The molecule has 0 saturated carbocycles. The zero-order valence-electron chi connectivity index (χ0n) is 9.94. The largest absolute Gasteiger partial charge is 0.317 e. The fourth-order valence-electron chi connectivity index (χ4n) is 3.08. The highest BCUT2D eigenvalue weighted by Gasteiger charge is 2.46. The zero-order valence-corrected chi connectivity index (χ0v) is 9.94. The molecule has 5 nitrogen and oxygen atoms in total. The van der Waals surface area contributed by atoms with Crippen molar-refractivity contribution in [3.63, 3.8) is 0 Å². The maximum absolute atomic E-state index is 12.5. The lowest BCUT2D eigenvalue weighted by Gasteiger charge is -2.31. The standard InChI is InChI=1S/C13H14N2O3/c16-12-11-7-10(15(17)18)2-1-9(11)8-13(12)3-5-14-6-4-13/h1-2,7,14H,3-6,8H2. The second kappa shape index (κ2) is 3.88. The van der Waals surface area contributed by atoms with Crippen LogP contribution in [-0.4, -0.2) is 23.8 Å². The first-order valence-corrected chi connectivity index (χ1v) is 6.15. The Labute approximate surface area is 104 Å². The second-order valence-electron chi connectivity index (χ2n) is 5.13. The van der Waals surface area contributed by atoms with E-state index in [9.17, 15) is 14.9 Å². The lowest BCUT2D eigenvalue weighted by Crippen LogP contribution is -2.40. The van der Waals surface area contributed by atoms with E-state index in [4.69, 9.17) is 0 Å². The number of hydrogen-bond donors (Lipinski definition) is 1. The maximum Gasteiger partial charge on any atom is 0.270 e. The Kier molecular flexibility index (Phi) is 2.45. The molecule has 94 valence electrons. The van der Waals surface area contributed by atoms with Crippen LogP contribution >= 0.6 is 0 Å². The summed E-state index contributed by atoms with van der Waals surface area (Å²) >= 11 is 0. The SMILES string of the molecule is O=C1c2cc([N+](=O)[O-])ccc2CC12CCNCC2. The van der Waals surface area contributed by atoms with E-state index in [0.29, 0.717) is 5.56 Å². The van der Waals surface area contributed by atoms with Gasteiger partial charge in [-0.3, -0.25) is 14.9 Å². The molecule has 18 heavy (non-hydrogen) atoms. The predicted molar refractivity (Wildman–Crippen MR) is 65.7 cm³/mol. The van der Waals surface area contributed by atoms with Crippen molar-refractivity contribution in [2.75, 3.05) is 13.1 Å². The average Bonchev–Trinajstić information content (AvgIpc) is 2.63. The molecule has 0 amide bonds. The van der Waals surface area contributed by atoms with Crippen molar-refractivity contribution < 1.29 is 9.72 Å². The van der Waals surface area contributed by atoms with Crippen LogP contribution in [0.1, 0.15) is 28.8 Å². The van der Waals surface area contributed by atoms with Crippen molar-refractivity contribution in [2.45, 2.75) is 19.3 Å². The molecule has 0 atom stereocenters. The Balaban J connectivity index is 2.01. The minimum Gasteiger partial charge on any atom is -0.317 e. The number of carbonyl (C=O) groups is 1. The molecule has 3 rings (SSSR count). The molecule has 0 aromatic heterocycles. The van der Waals surface area contributed by atoms with Crippen LogP contribution in [0.4, 0.5) is 5.69 Å². The topological polar surface area (TPSA) is 72.2 Å². The first kappa shape index (κ1) is 11.3. The highest BCUT2D eigenvalue weighted by atomic mass is 16.6. The first-order valence-electron chi connectivity index (χ1n) is 6.15. The van der Waals surface area contributed by atoms with Crippen molar-refractivity contribution in [1.82, 2.24) is 5.32 Å². The summed E-state index contributed by atoms with van der Waals surface area (Å²) in [4.78, 5) is 22.8. The van der Waals surface area contributed by atoms with Crippen LogP contribution in [0.25, 0.3) is 0 Å². The third-order valence-electron chi connectivity index (χ3n) is 4.12. The van der Waals surface area contributed by atoms with E-state index in [2.05, 4.69) is 5.32 Å². The molecule has 0 unspecified atom stereocenters. The summed E-state index contributed by atoms with van der Waals surface area (Å²) in [6.07, 6.45) is 2.39. The molecule has 5 heteroatoms. The first-order chi connectivity index (χ1) is 8.62. The Morgan fingerprint density at radius 3 is 2.67 bits per heavy atom. The maximum atomic E-state index is 12.5. The molecule has 1 saturated heterocycles.